The quantitative estimate of drug-likeness (QED) is 0.774. The number of carbonyl (C=O) groups excluding carboxylic acids is 2. The first kappa shape index (κ1) is 15.7. The maximum atomic E-state index is 13.4. The summed E-state index contributed by atoms with van der Waals surface area (Å²) in [4.78, 5) is 26.6. The minimum absolute atomic E-state index is 0.0942. The van der Waals surface area contributed by atoms with Crippen LogP contribution in [0.1, 0.15) is 5.56 Å². The van der Waals surface area contributed by atoms with E-state index in [1.54, 1.807) is 12.1 Å². The highest BCUT2D eigenvalue weighted by atomic mass is 35.5. The molecule has 0 bridgehead atoms. The highest BCUT2D eigenvalue weighted by molar-refractivity contribution is 6.31. The van der Waals surface area contributed by atoms with Crippen LogP contribution in [0.25, 0.3) is 0 Å². The van der Waals surface area contributed by atoms with Gasteiger partial charge in [0.05, 0.1) is 16.4 Å². The van der Waals surface area contributed by atoms with E-state index >= 15 is 0 Å². The van der Waals surface area contributed by atoms with E-state index in [2.05, 4.69) is 10.3 Å². The molecule has 1 fully saturated rings. The van der Waals surface area contributed by atoms with E-state index in [9.17, 15) is 14.0 Å². The molecule has 0 saturated carbocycles. The summed E-state index contributed by atoms with van der Waals surface area (Å²) in [5, 5.41) is 9.06. The van der Waals surface area contributed by atoms with Gasteiger partial charge in [-0.05, 0) is 37.3 Å². The van der Waals surface area contributed by atoms with E-state index in [4.69, 9.17) is 11.6 Å². The van der Waals surface area contributed by atoms with Crippen molar-refractivity contribution in [3.05, 3.63) is 58.9 Å². The number of rotatable bonds is 2. The van der Waals surface area contributed by atoms with E-state index in [1.165, 1.54) is 23.2 Å². The smallest absolute Gasteiger partial charge is 0.263 e. The lowest BCUT2D eigenvalue weighted by Crippen LogP contribution is -2.39. The lowest BCUT2D eigenvalue weighted by molar-refractivity contribution is -0.121. The first-order chi connectivity index (χ1) is 12.0. The second-order valence-electron chi connectivity index (χ2n) is 5.89. The van der Waals surface area contributed by atoms with Crippen LogP contribution < -0.4 is 9.91 Å². The number of nitrogens with zero attached hydrogens (tertiary/aromatic N) is 4. The number of hydrogen-bond acceptors (Lipinski definition) is 5. The van der Waals surface area contributed by atoms with Gasteiger partial charge >= 0.3 is 0 Å². The van der Waals surface area contributed by atoms with Gasteiger partial charge in [-0.15, -0.1) is 0 Å². The van der Waals surface area contributed by atoms with Crippen LogP contribution in [0.5, 0.6) is 0 Å². The molecule has 2 aromatic carbocycles. The van der Waals surface area contributed by atoms with Crippen molar-refractivity contribution in [1.82, 2.24) is 0 Å². The molecule has 1 saturated heterocycles. The third-order valence-electron chi connectivity index (χ3n) is 4.24. The maximum absolute atomic E-state index is 13.4. The Morgan fingerprint density at radius 1 is 1.04 bits per heavy atom. The second-order valence-corrected chi connectivity index (χ2v) is 6.29. The molecule has 2 heterocycles. The van der Waals surface area contributed by atoms with Crippen LogP contribution >= 0.6 is 11.6 Å². The minimum atomic E-state index is -0.919. The summed E-state index contributed by atoms with van der Waals surface area (Å²) in [6.07, 6.45) is 0. The molecule has 0 aromatic heterocycles. The molecule has 6 nitrogen and oxygen atoms in total. The molecule has 0 radical (unpaired) electrons. The summed E-state index contributed by atoms with van der Waals surface area (Å²) in [6, 6.07) is 9.23. The van der Waals surface area contributed by atoms with E-state index in [0.29, 0.717) is 11.4 Å². The number of fused-ring (bicyclic) bond motifs is 1. The van der Waals surface area contributed by atoms with Gasteiger partial charge in [0.1, 0.15) is 5.82 Å². The summed E-state index contributed by atoms with van der Waals surface area (Å²) < 4.78 is 13.4. The second kappa shape index (κ2) is 5.63. The Morgan fingerprint density at radius 3 is 2.40 bits per heavy atom. The van der Waals surface area contributed by atoms with Crippen LogP contribution in [0.3, 0.4) is 0 Å². The average molecular weight is 359 g/mol. The zero-order valence-corrected chi connectivity index (χ0v) is 13.8. The van der Waals surface area contributed by atoms with Crippen molar-refractivity contribution in [3.63, 3.8) is 0 Å². The van der Waals surface area contributed by atoms with Gasteiger partial charge in [-0.2, -0.15) is 5.11 Å². The van der Waals surface area contributed by atoms with E-state index in [-0.39, 0.29) is 5.02 Å². The minimum Gasteiger partial charge on any atom is -0.271 e. The van der Waals surface area contributed by atoms with Crippen LogP contribution in [0.4, 0.5) is 15.8 Å². The van der Waals surface area contributed by atoms with Crippen molar-refractivity contribution >= 4 is 34.8 Å². The highest BCUT2D eigenvalue weighted by Crippen LogP contribution is 2.36. The van der Waals surface area contributed by atoms with Crippen LogP contribution in [-0.2, 0) is 9.59 Å². The number of carbonyl (C=O) groups is 2. The fourth-order valence-electron chi connectivity index (χ4n) is 2.95. The van der Waals surface area contributed by atoms with Gasteiger partial charge in [0.25, 0.3) is 11.8 Å². The molecule has 0 N–H and O–H groups in total. The molecule has 0 aliphatic carbocycles. The zero-order chi connectivity index (χ0) is 17.7. The van der Waals surface area contributed by atoms with Crippen LogP contribution in [-0.4, -0.2) is 23.9 Å². The molecular formula is C17H12ClFN4O2. The molecule has 4 rings (SSSR count). The van der Waals surface area contributed by atoms with Crippen molar-refractivity contribution in [2.24, 2.45) is 10.3 Å². The Balaban J connectivity index is 1.70. The number of aryl methyl sites for hydroxylation is 1. The number of imide groups is 1. The van der Waals surface area contributed by atoms with E-state index in [0.717, 1.165) is 10.5 Å². The van der Waals surface area contributed by atoms with Gasteiger partial charge in [0.15, 0.2) is 12.1 Å². The number of halogens is 2. The van der Waals surface area contributed by atoms with Crippen molar-refractivity contribution in [3.8, 4) is 0 Å². The van der Waals surface area contributed by atoms with Crippen molar-refractivity contribution in [2.75, 3.05) is 9.91 Å². The first-order valence-corrected chi connectivity index (χ1v) is 7.95. The summed E-state index contributed by atoms with van der Waals surface area (Å²) in [5.41, 5.74) is 1.90. The number of benzene rings is 2. The van der Waals surface area contributed by atoms with Crippen molar-refractivity contribution in [2.45, 2.75) is 19.0 Å². The molecule has 8 heteroatoms. The molecule has 0 unspecified atom stereocenters. The predicted octanol–water partition coefficient (Wildman–Crippen LogP) is 3.29. The summed E-state index contributed by atoms with van der Waals surface area (Å²) >= 11 is 5.80. The average Bonchev–Trinajstić information content (AvgIpc) is 3.13. The third-order valence-corrected chi connectivity index (χ3v) is 4.53. The van der Waals surface area contributed by atoms with Crippen LogP contribution in [0.2, 0.25) is 5.02 Å². The molecule has 25 heavy (non-hydrogen) atoms. The lowest BCUT2D eigenvalue weighted by Gasteiger charge is -2.20. The Kier molecular flexibility index (Phi) is 3.54. The lowest BCUT2D eigenvalue weighted by atomic mass is 10.1. The Hall–Kier alpha value is -2.80. The summed E-state index contributed by atoms with van der Waals surface area (Å²) in [5.74, 6) is -1.43. The molecule has 126 valence electrons. The summed E-state index contributed by atoms with van der Waals surface area (Å²) in [6.45, 7) is 1.92. The summed E-state index contributed by atoms with van der Waals surface area (Å²) in [7, 11) is 0. The van der Waals surface area contributed by atoms with Crippen molar-refractivity contribution in [1.29, 1.82) is 0 Å². The highest BCUT2D eigenvalue weighted by Gasteiger charge is 2.55. The largest absolute Gasteiger partial charge is 0.271 e. The van der Waals surface area contributed by atoms with Gasteiger partial charge in [-0.3, -0.25) is 9.59 Å². The molecule has 2 amide bonds. The zero-order valence-electron chi connectivity index (χ0n) is 13.1. The van der Waals surface area contributed by atoms with Gasteiger partial charge in [-0.25, -0.2) is 14.3 Å². The molecule has 0 spiro atoms. The van der Waals surface area contributed by atoms with E-state index in [1.807, 2.05) is 19.1 Å². The fraction of sp³-hybridized carbons (Fsp3) is 0.176. The van der Waals surface area contributed by atoms with Gasteiger partial charge in [0, 0.05) is 0 Å². The van der Waals surface area contributed by atoms with Gasteiger partial charge in [0.2, 0.25) is 0 Å². The Labute approximate surface area is 147 Å². The van der Waals surface area contributed by atoms with Crippen LogP contribution in [0, 0.1) is 12.7 Å². The first-order valence-electron chi connectivity index (χ1n) is 7.57. The monoisotopic (exact) mass is 358 g/mol. The predicted molar refractivity (Wildman–Crippen MR) is 90.0 cm³/mol. The molecule has 2 aromatic rings. The molecule has 2 aliphatic rings. The molecule has 2 aliphatic heterocycles. The Bertz CT molecular complexity index is 915. The van der Waals surface area contributed by atoms with E-state index < -0.39 is 29.7 Å². The molecular weight excluding hydrogens is 347 g/mol. The number of amides is 2. The Morgan fingerprint density at radius 2 is 1.72 bits per heavy atom. The third kappa shape index (κ3) is 2.39. The number of hydrogen-bond donors (Lipinski definition) is 0. The molecule has 2 atom stereocenters. The topological polar surface area (TPSA) is 65.3 Å². The van der Waals surface area contributed by atoms with Crippen molar-refractivity contribution < 1.29 is 14.0 Å². The van der Waals surface area contributed by atoms with Gasteiger partial charge in [-0.1, -0.05) is 34.5 Å². The normalized spacial score (nSPS) is 22.0. The fourth-order valence-corrected chi connectivity index (χ4v) is 3.12. The van der Waals surface area contributed by atoms with Crippen LogP contribution in [0.15, 0.2) is 52.8 Å². The number of anilines is 2. The standard InChI is InChI=1S/C17H12ClFN4O2/c1-9-2-4-10(5-3-9)22-16(24)14-15(17(22)25)23(21-20-14)11-6-7-13(19)12(18)8-11/h2-8,14-15H,1H3/t14-,15-/m0/s1. The van der Waals surface area contributed by atoms with Gasteiger partial charge < -0.3 is 0 Å². The SMILES string of the molecule is Cc1ccc(N2C(=O)[C@H]3N=NN(c4ccc(F)c(Cl)c4)[C@@H]3C2=O)cc1. The maximum Gasteiger partial charge on any atom is 0.263 e.